The molecule has 0 saturated carbocycles. The van der Waals surface area contributed by atoms with E-state index in [-0.39, 0.29) is 25.7 Å². The number of carbonyl (C=O) groups excluding carboxylic acids is 4. The molecule has 0 bridgehead atoms. The van der Waals surface area contributed by atoms with Crippen molar-refractivity contribution in [2.75, 3.05) is 39.6 Å². The van der Waals surface area contributed by atoms with E-state index < -0.39 is 97.5 Å². The minimum absolute atomic E-state index is 0.103. The molecule has 522 valence electrons. The lowest BCUT2D eigenvalue weighted by molar-refractivity contribution is -0.161. The van der Waals surface area contributed by atoms with E-state index in [0.717, 1.165) is 103 Å². The van der Waals surface area contributed by atoms with E-state index in [9.17, 15) is 43.2 Å². The molecule has 0 aromatic rings. The number of rotatable bonds is 69. The monoisotopic (exact) mass is 1300 g/mol. The highest BCUT2D eigenvalue weighted by molar-refractivity contribution is 7.47. The SMILES string of the molecule is CCCCCCCCCCCCCCCCCCCCCC(=O)O[C@H](COC(=O)CCCCCCCCCCCCCC)COP(=O)(O)OC[C@@H](O)COP(=O)(O)OC[C@@H](COC(=O)CCCCCCCCC)OC(=O)CCCCCCCCCC(C)C. The fourth-order valence-electron chi connectivity index (χ4n) is 10.5. The highest BCUT2D eigenvalue weighted by atomic mass is 31.2. The van der Waals surface area contributed by atoms with Crippen molar-refractivity contribution in [3.63, 3.8) is 0 Å². The molecule has 0 aliphatic heterocycles. The van der Waals surface area contributed by atoms with Gasteiger partial charge in [-0.2, -0.15) is 0 Å². The van der Waals surface area contributed by atoms with Crippen LogP contribution < -0.4 is 0 Å². The van der Waals surface area contributed by atoms with Crippen molar-refractivity contribution < 1.29 is 80.2 Å². The van der Waals surface area contributed by atoms with Crippen molar-refractivity contribution in [1.82, 2.24) is 0 Å². The molecular weight excluding hydrogens is 1160 g/mol. The fourth-order valence-corrected chi connectivity index (χ4v) is 12.0. The van der Waals surface area contributed by atoms with Crippen molar-refractivity contribution in [3.05, 3.63) is 0 Å². The second kappa shape index (κ2) is 62.5. The number of aliphatic hydroxyl groups excluding tert-OH is 1. The summed E-state index contributed by atoms with van der Waals surface area (Å²) in [6.45, 7) is 7.13. The first kappa shape index (κ1) is 86.1. The molecule has 0 radical (unpaired) electrons. The standard InChI is InChI=1S/C69H134O17P2/c1-6-9-12-15-18-20-22-24-25-26-27-28-29-30-32-34-39-44-49-54-68(73)85-65(59-80-67(72)53-48-43-38-33-31-23-21-19-16-13-10-7-2)61-84-88(77,78)82-57-63(70)56-81-87(75,76)83-60-64(58-79-66(71)52-47-42-36-17-14-11-8-3)86-69(74)55-50-45-40-35-37-41-46-51-62(4)5/h62-65,70H,6-61H2,1-5H3,(H,75,76)(H,77,78)/t63-,64+,65+/m0/s1. The highest BCUT2D eigenvalue weighted by Crippen LogP contribution is 2.45. The van der Waals surface area contributed by atoms with Gasteiger partial charge in [-0.15, -0.1) is 0 Å². The van der Waals surface area contributed by atoms with Gasteiger partial charge in [-0.05, 0) is 31.6 Å². The molecule has 88 heavy (non-hydrogen) atoms. The second-order valence-electron chi connectivity index (χ2n) is 25.4. The van der Waals surface area contributed by atoms with Gasteiger partial charge in [-0.1, -0.05) is 304 Å². The van der Waals surface area contributed by atoms with Crippen molar-refractivity contribution in [2.24, 2.45) is 5.92 Å². The Labute approximate surface area is 537 Å². The van der Waals surface area contributed by atoms with E-state index >= 15 is 0 Å². The highest BCUT2D eigenvalue weighted by Gasteiger charge is 2.30. The molecule has 3 N–H and O–H groups in total. The minimum atomic E-state index is -4.95. The van der Waals surface area contributed by atoms with E-state index in [1.165, 1.54) is 167 Å². The van der Waals surface area contributed by atoms with Gasteiger partial charge in [0.05, 0.1) is 26.4 Å². The summed E-state index contributed by atoms with van der Waals surface area (Å²) in [6, 6.07) is 0. The van der Waals surface area contributed by atoms with Gasteiger partial charge in [0, 0.05) is 25.7 Å². The van der Waals surface area contributed by atoms with E-state index in [0.29, 0.717) is 31.6 Å². The van der Waals surface area contributed by atoms with Gasteiger partial charge >= 0.3 is 39.5 Å². The quantitative estimate of drug-likeness (QED) is 0.0222. The largest absolute Gasteiger partial charge is 0.472 e. The Balaban J connectivity index is 5.16. The van der Waals surface area contributed by atoms with Crippen LogP contribution in [0.2, 0.25) is 0 Å². The molecule has 2 unspecified atom stereocenters. The third-order valence-corrected chi connectivity index (χ3v) is 17.9. The summed E-state index contributed by atoms with van der Waals surface area (Å²) in [4.78, 5) is 72.3. The lowest BCUT2D eigenvalue weighted by atomic mass is 10.0. The van der Waals surface area contributed by atoms with Crippen molar-refractivity contribution >= 4 is 39.5 Å². The molecule has 0 aromatic carbocycles. The van der Waals surface area contributed by atoms with Gasteiger partial charge < -0.3 is 33.8 Å². The van der Waals surface area contributed by atoms with Crippen LogP contribution in [0.1, 0.15) is 356 Å². The van der Waals surface area contributed by atoms with Crippen molar-refractivity contribution in [1.29, 1.82) is 0 Å². The number of hydrogen-bond acceptors (Lipinski definition) is 15. The number of aliphatic hydroxyl groups is 1. The maximum Gasteiger partial charge on any atom is 0.472 e. The van der Waals surface area contributed by atoms with Crippen LogP contribution >= 0.6 is 15.6 Å². The average molecular weight is 1300 g/mol. The van der Waals surface area contributed by atoms with Gasteiger partial charge in [0.15, 0.2) is 12.2 Å². The molecule has 5 atom stereocenters. The van der Waals surface area contributed by atoms with Crippen LogP contribution in [-0.2, 0) is 65.4 Å². The number of hydrogen-bond donors (Lipinski definition) is 3. The number of esters is 4. The molecule has 0 aliphatic carbocycles. The predicted octanol–water partition coefficient (Wildman–Crippen LogP) is 19.7. The number of phosphoric ester groups is 2. The van der Waals surface area contributed by atoms with Gasteiger partial charge in [0.1, 0.15) is 19.3 Å². The molecule has 19 heteroatoms. The smallest absolute Gasteiger partial charge is 0.462 e. The average Bonchev–Trinajstić information content (AvgIpc) is 3.71. The first-order chi connectivity index (χ1) is 42.5. The summed E-state index contributed by atoms with van der Waals surface area (Å²) in [5.74, 6) is -1.43. The van der Waals surface area contributed by atoms with Crippen LogP contribution in [0.5, 0.6) is 0 Å². The molecule has 17 nitrogen and oxygen atoms in total. The van der Waals surface area contributed by atoms with Crippen molar-refractivity contribution in [3.8, 4) is 0 Å². The van der Waals surface area contributed by atoms with Crippen LogP contribution in [0.25, 0.3) is 0 Å². The first-order valence-electron chi connectivity index (χ1n) is 36.1. The summed E-state index contributed by atoms with van der Waals surface area (Å²) >= 11 is 0. The Morgan fingerprint density at radius 3 is 0.773 bits per heavy atom. The Kier molecular flexibility index (Phi) is 61.1. The Hall–Kier alpha value is -1.94. The summed E-state index contributed by atoms with van der Waals surface area (Å²) < 4.78 is 68.1. The Morgan fingerprint density at radius 2 is 0.523 bits per heavy atom. The fraction of sp³-hybridized carbons (Fsp3) is 0.942. The van der Waals surface area contributed by atoms with Crippen LogP contribution in [0.15, 0.2) is 0 Å². The summed E-state index contributed by atoms with van der Waals surface area (Å²) in [6.07, 6.45) is 48.9. The molecule has 0 fully saturated rings. The molecular formula is C69H134O17P2. The van der Waals surface area contributed by atoms with Gasteiger partial charge in [-0.25, -0.2) is 9.13 Å². The molecule has 0 saturated heterocycles. The molecule has 0 aliphatic rings. The number of unbranched alkanes of at least 4 members (excludes halogenated alkanes) is 41. The normalized spacial score (nSPS) is 14.1. The zero-order chi connectivity index (χ0) is 64.9. The summed E-state index contributed by atoms with van der Waals surface area (Å²) in [5, 5.41) is 10.6. The van der Waals surface area contributed by atoms with Crippen LogP contribution in [0.3, 0.4) is 0 Å². The predicted molar refractivity (Wildman–Crippen MR) is 354 cm³/mol. The van der Waals surface area contributed by atoms with Crippen LogP contribution in [0, 0.1) is 5.92 Å². The lowest BCUT2D eigenvalue weighted by Gasteiger charge is -2.21. The Bertz CT molecular complexity index is 1700. The van der Waals surface area contributed by atoms with E-state index in [1.807, 2.05) is 0 Å². The van der Waals surface area contributed by atoms with Crippen LogP contribution in [0.4, 0.5) is 0 Å². The van der Waals surface area contributed by atoms with Gasteiger partial charge in [0.25, 0.3) is 0 Å². The topological polar surface area (TPSA) is 237 Å². The maximum absolute atomic E-state index is 13.0. The second-order valence-corrected chi connectivity index (χ2v) is 28.3. The first-order valence-corrected chi connectivity index (χ1v) is 39.1. The maximum atomic E-state index is 13.0. The van der Waals surface area contributed by atoms with E-state index in [1.54, 1.807) is 0 Å². The van der Waals surface area contributed by atoms with Gasteiger partial charge in [-0.3, -0.25) is 37.3 Å². The lowest BCUT2D eigenvalue weighted by Crippen LogP contribution is -2.30. The summed E-state index contributed by atoms with van der Waals surface area (Å²) in [7, 11) is -9.89. The third kappa shape index (κ3) is 62.8. The molecule has 0 rings (SSSR count). The number of ether oxygens (including phenoxy) is 4. The zero-order valence-corrected chi connectivity index (χ0v) is 58.6. The molecule has 0 aromatic heterocycles. The van der Waals surface area contributed by atoms with E-state index in [2.05, 4.69) is 34.6 Å². The van der Waals surface area contributed by atoms with Gasteiger partial charge in [0.2, 0.25) is 0 Å². The number of carbonyl (C=O) groups is 4. The van der Waals surface area contributed by atoms with Crippen LogP contribution in [-0.4, -0.2) is 96.7 Å². The molecule has 0 amide bonds. The molecule has 0 spiro atoms. The minimum Gasteiger partial charge on any atom is -0.462 e. The third-order valence-electron chi connectivity index (χ3n) is 16.0. The zero-order valence-electron chi connectivity index (χ0n) is 56.9. The number of phosphoric acid groups is 2. The Morgan fingerprint density at radius 1 is 0.307 bits per heavy atom. The van der Waals surface area contributed by atoms with E-state index in [4.69, 9.17) is 37.0 Å². The molecule has 0 heterocycles. The van der Waals surface area contributed by atoms with Crippen molar-refractivity contribution in [2.45, 2.75) is 374 Å². The summed E-state index contributed by atoms with van der Waals surface area (Å²) in [5.41, 5.74) is 0.